The van der Waals surface area contributed by atoms with E-state index >= 15 is 0 Å². The van der Waals surface area contributed by atoms with Crippen LogP contribution in [0.1, 0.15) is 34.6 Å². The predicted octanol–water partition coefficient (Wildman–Crippen LogP) is 2.50. The van der Waals surface area contributed by atoms with Crippen LogP contribution in [0, 0.1) is 6.92 Å². The summed E-state index contributed by atoms with van der Waals surface area (Å²) < 4.78 is 1.91. The average molecular weight is 362 g/mol. The first-order chi connectivity index (χ1) is 13.2. The number of rotatable bonds is 5. The molecule has 1 saturated heterocycles. The number of aryl methyl sites for hydroxylation is 1. The van der Waals surface area contributed by atoms with E-state index in [9.17, 15) is 4.79 Å². The van der Waals surface area contributed by atoms with E-state index in [1.807, 2.05) is 35.9 Å². The maximum absolute atomic E-state index is 12.8. The van der Waals surface area contributed by atoms with Gasteiger partial charge in [0.1, 0.15) is 17.5 Å². The van der Waals surface area contributed by atoms with Crippen LogP contribution >= 0.6 is 0 Å². The SMILES string of the molecule is Cc1nccn1-c1cc(CNC(=O)c2cccnc2N2CCCC2)ccn1. The van der Waals surface area contributed by atoms with Crippen LogP contribution in [0.5, 0.6) is 0 Å². The summed E-state index contributed by atoms with van der Waals surface area (Å²) in [6.07, 6.45) is 9.39. The summed E-state index contributed by atoms with van der Waals surface area (Å²) in [5, 5.41) is 3.01. The molecule has 4 heterocycles. The minimum atomic E-state index is -0.109. The van der Waals surface area contributed by atoms with Gasteiger partial charge in [-0.05, 0) is 49.6 Å². The molecule has 0 aliphatic carbocycles. The lowest BCUT2D eigenvalue weighted by Gasteiger charge is -2.19. The maximum Gasteiger partial charge on any atom is 0.255 e. The number of aromatic nitrogens is 4. The van der Waals surface area contributed by atoms with Crippen LogP contribution in [-0.4, -0.2) is 38.5 Å². The Balaban J connectivity index is 1.48. The number of amides is 1. The van der Waals surface area contributed by atoms with Gasteiger partial charge in [-0.1, -0.05) is 0 Å². The molecule has 0 atom stereocenters. The summed E-state index contributed by atoms with van der Waals surface area (Å²) in [5.74, 6) is 2.32. The zero-order valence-corrected chi connectivity index (χ0v) is 15.3. The Morgan fingerprint density at radius 2 is 1.96 bits per heavy atom. The van der Waals surface area contributed by atoms with Gasteiger partial charge in [0.25, 0.3) is 5.91 Å². The third kappa shape index (κ3) is 3.67. The fourth-order valence-corrected chi connectivity index (χ4v) is 3.36. The Morgan fingerprint density at radius 1 is 1.11 bits per heavy atom. The smallest absolute Gasteiger partial charge is 0.255 e. The van der Waals surface area contributed by atoms with Gasteiger partial charge in [-0.2, -0.15) is 0 Å². The lowest BCUT2D eigenvalue weighted by atomic mass is 10.2. The number of imidazole rings is 1. The van der Waals surface area contributed by atoms with Crippen molar-refractivity contribution in [3.63, 3.8) is 0 Å². The molecule has 0 unspecified atom stereocenters. The molecule has 3 aromatic heterocycles. The van der Waals surface area contributed by atoms with Crippen molar-refractivity contribution in [1.82, 2.24) is 24.8 Å². The zero-order chi connectivity index (χ0) is 18.6. The third-order valence-corrected chi connectivity index (χ3v) is 4.77. The highest BCUT2D eigenvalue weighted by atomic mass is 16.1. The molecule has 3 aromatic rings. The van der Waals surface area contributed by atoms with E-state index in [0.29, 0.717) is 12.1 Å². The molecule has 1 fully saturated rings. The first-order valence-electron chi connectivity index (χ1n) is 9.16. The fourth-order valence-electron chi connectivity index (χ4n) is 3.36. The van der Waals surface area contributed by atoms with Gasteiger partial charge in [-0.25, -0.2) is 15.0 Å². The van der Waals surface area contributed by atoms with Crippen molar-refractivity contribution in [3.05, 3.63) is 66.0 Å². The maximum atomic E-state index is 12.8. The third-order valence-electron chi connectivity index (χ3n) is 4.77. The van der Waals surface area contributed by atoms with Crippen LogP contribution in [0.3, 0.4) is 0 Å². The second-order valence-electron chi connectivity index (χ2n) is 6.62. The molecule has 4 rings (SSSR count). The van der Waals surface area contributed by atoms with Crippen LogP contribution in [0.4, 0.5) is 5.82 Å². The van der Waals surface area contributed by atoms with Crippen molar-refractivity contribution in [1.29, 1.82) is 0 Å². The van der Waals surface area contributed by atoms with Crippen molar-refractivity contribution in [2.45, 2.75) is 26.3 Å². The van der Waals surface area contributed by atoms with E-state index in [0.717, 1.165) is 49.0 Å². The second-order valence-corrected chi connectivity index (χ2v) is 6.62. The van der Waals surface area contributed by atoms with Gasteiger partial charge in [-0.15, -0.1) is 0 Å². The van der Waals surface area contributed by atoms with E-state index in [4.69, 9.17) is 0 Å². The topological polar surface area (TPSA) is 75.9 Å². The number of nitrogens with one attached hydrogen (secondary N) is 1. The molecule has 0 aromatic carbocycles. The normalized spacial score (nSPS) is 13.7. The minimum absolute atomic E-state index is 0.109. The number of carbonyl (C=O) groups is 1. The first kappa shape index (κ1) is 17.2. The summed E-state index contributed by atoms with van der Waals surface area (Å²) in [6, 6.07) is 7.50. The van der Waals surface area contributed by atoms with E-state index < -0.39 is 0 Å². The standard InChI is InChI=1S/C20H22N6O/c1-15-21-9-12-26(15)18-13-16(6-8-22-18)14-24-20(27)17-5-4-7-23-19(17)25-10-2-3-11-25/h4-9,12-13H,2-3,10-11,14H2,1H3,(H,24,27). The Labute approximate surface area is 158 Å². The molecule has 27 heavy (non-hydrogen) atoms. The first-order valence-corrected chi connectivity index (χ1v) is 9.16. The number of carbonyl (C=O) groups excluding carboxylic acids is 1. The molecule has 0 spiro atoms. The Bertz CT molecular complexity index is 945. The zero-order valence-electron chi connectivity index (χ0n) is 15.3. The van der Waals surface area contributed by atoms with Gasteiger partial charge in [0.2, 0.25) is 0 Å². The molecule has 1 amide bonds. The van der Waals surface area contributed by atoms with Crippen molar-refractivity contribution >= 4 is 11.7 Å². The van der Waals surface area contributed by atoms with Crippen LogP contribution in [0.15, 0.2) is 49.1 Å². The van der Waals surface area contributed by atoms with Gasteiger partial charge in [0, 0.05) is 44.4 Å². The summed E-state index contributed by atoms with van der Waals surface area (Å²) in [7, 11) is 0. The second kappa shape index (κ2) is 7.57. The quantitative estimate of drug-likeness (QED) is 0.755. The highest BCUT2D eigenvalue weighted by Gasteiger charge is 2.20. The van der Waals surface area contributed by atoms with Crippen molar-refractivity contribution < 1.29 is 4.79 Å². The molecule has 138 valence electrons. The summed E-state index contributed by atoms with van der Waals surface area (Å²) in [6.45, 7) is 4.26. The van der Waals surface area contributed by atoms with Gasteiger partial charge >= 0.3 is 0 Å². The van der Waals surface area contributed by atoms with E-state index in [2.05, 4.69) is 25.2 Å². The number of hydrogen-bond acceptors (Lipinski definition) is 5. The predicted molar refractivity (Wildman–Crippen MR) is 103 cm³/mol. The van der Waals surface area contributed by atoms with Crippen molar-refractivity contribution in [3.8, 4) is 5.82 Å². The Morgan fingerprint density at radius 3 is 2.74 bits per heavy atom. The van der Waals surface area contributed by atoms with E-state index in [1.54, 1.807) is 24.7 Å². The number of hydrogen-bond donors (Lipinski definition) is 1. The van der Waals surface area contributed by atoms with Gasteiger partial charge in [0.05, 0.1) is 5.56 Å². The molecule has 1 N–H and O–H groups in total. The highest BCUT2D eigenvalue weighted by Crippen LogP contribution is 2.22. The van der Waals surface area contributed by atoms with E-state index in [-0.39, 0.29) is 5.91 Å². The fraction of sp³-hybridized carbons (Fsp3) is 0.300. The van der Waals surface area contributed by atoms with Crippen LogP contribution in [0.25, 0.3) is 5.82 Å². The summed E-state index contributed by atoms with van der Waals surface area (Å²) in [5.41, 5.74) is 1.60. The average Bonchev–Trinajstić information content (AvgIpc) is 3.38. The number of pyridine rings is 2. The van der Waals surface area contributed by atoms with E-state index in [1.165, 1.54) is 0 Å². The minimum Gasteiger partial charge on any atom is -0.356 e. The van der Waals surface area contributed by atoms with Gasteiger partial charge in [-0.3, -0.25) is 9.36 Å². The lowest BCUT2D eigenvalue weighted by molar-refractivity contribution is 0.0951. The van der Waals surface area contributed by atoms with Crippen molar-refractivity contribution in [2.24, 2.45) is 0 Å². The summed E-state index contributed by atoms with van der Waals surface area (Å²) in [4.78, 5) is 28.0. The summed E-state index contributed by atoms with van der Waals surface area (Å²) >= 11 is 0. The number of anilines is 1. The molecule has 7 nitrogen and oxygen atoms in total. The molecular formula is C20H22N6O. The number of nitrogens with zero attached hydrogens (tertiary/aromatic N) is 5. The molecule has 0 saturated carbocycles. The van der Waals surface area contributed by atoms with Gasteiger partial charge in [0.15, 0.2) is 0 Å². The molecule has 1 aliphatic heterocycles. The Kier molecular flexibility index (Phi) is 4.82. The molecule has 0 radical (unpaired) electrons. The molecular weight excluding hydrogens is 340 g/mol. The monoisotopic (exact) mass is 362 g/mol. The largest absolute Gasteiger partial charge is 0.356 e. The van der Waals surface area contributed by atoms with Gasteiger partial charge < -0.3 is 10.2 Å². The van der Waals surface area contributed by atoms with Crippen LogP contribution < -0.4 is 10.2 Å². The lowest BCUT2D eigenvalue weighted by Crippen LogP contribution is -2.28. The molecule has 7 heteroatoms. The van der Waals surface area contributed by atoms with Crippen LogP contribution in [-0.2, 0) is 6.54 Å². The van der Waals surface area contributed by atoms with Crippen LogP contribution in [0.2, 0.25) is 0 Å². The molecule has 0 bridgehead atoms. The van der Waals surface area contributed by atoms with Crippen molar-refractivity contribution in [2.75, 3.05) is 18.0 Å². The molecule has 1 aliphatic rings. The Hall–Kier alpha value is -3.22. The highest BCUT2D eigenvalue weighted by molar-refractivity contribution is 5.98.